The van der Waals surface area contributed by atoms with Crippen LogP contribution >= 0.6 is 0 Å². The van der Waals surface area contributed by atoms with Gasteiger partial charge in [-0.2, -0.15) is 0 Å². The topological polar surface area (TPSA) is 55.4 Å². The minimum Gasteiger partial charge on any atom is -0.497 e. The molecule has 6 aromatic rings. The van der Waals surface area contributed by atoms with Crippen molar-refractivity contribution in [3.8, 4) is 23.0 Å². The molecule has 0 bridgehead atoms. The van der Waals surface area contributed by atoms with Gasteiger partial charge in [0.05, 0.1) is 28.4 Å². The Balaban J connectivity index is 1.49. The molecule has 0 saturated heterocycles. The third-order valence-electron chi connectivity index (χ3n) is 9.75. The van der Waals surface area contributed by atoms with E-state index in [9.17, 15) is 0 Å². The molecule has 1 heterocycles. The Morgan fingerprint density at radius 2 is 0.681 bits per heavy atom. The summed E-state index contributed by atoms with van der Waals surface area (Å²) < 4.78 is 22.3. The molecule has 1 aliphatic heterocycles. The zero-order chi connectivity index (χ0) is 32.2. The summed E-state index contributed by atoms with van der Waals surface area (Å²) in [5.41, 5.74) is 5.85. The van der Waals surface area contributed by atoms with E-state index >= 15 is 0 Å². The van der Waals surface area contributed by atoms with Crippen molar-refractivity contribution in [3.63, 3.8) is 0 Å². The molecular weight excluding hydrogens is 588 g/mol. The van der Waals surface area contributed by atoms with E-state index in [1.165, 1.54) is 16.5 Å². The molecule has 2 aliphatic rings. The molecule has 0 fully saturated rings. The van der Waals surface area contributed by atoms with E-state index in [1.54, 1.807) is 28.4 Å². The Bertz CT molecular complexity index is 1840. The minimum atomic E-state index is -1.17. The van der Waals surface area contributed by atoms with E-state index in [4.69, 9.17) is 28.7 Å². The molecule has 6 heteroatoms. The number of hydrogen-bond acceptors (Lipinski definition) is 6. The van der Waals surface area contributed by atoms with Gasteiger partial charge in [0, 0.05) is 11.1 Å². The zero-order valence-electron chi connectivity index (χ0n) is 26.7. The zero-order valence-corrected chi connectivity index (χ0v) is 26.7. The number of ether oxygens (including phenoxy) is 4. The summed E-state index contributed by atoms with van der Waals surface area (Å²) in [7, 11) is 6.68. The molecule has 1 aliphatic carbocycles. The first-order valence-electron chi connectivity index (χ1n) is 15.6. The number of methoxy groups -OCH3 is 4. The van der Waals surface area contributed by atoms with Crippen LogP contribution in [0.4, 0.5) is 0 Å². The van der Waals surface area contributed by atoms with Crippen LogP contribution in [0.5, 0.6) is 23.0 Å². The normalized spacial score (nSPS) is 15.3. The first kappa shape index (κ1) is 29.1. The van der Waals surface area contributed by atoms with Gasteiger partial charge >= 0.3 is 0 Å². The Labute approximate surface area is 273 Å². The summed E-state index contributed by atoms with van der Waals surface area (Å²) in [4.78, 5) is 14.3. The minimum absolute atomic E-state index is 0.753. The third kappa shape index (κ3) is 4.25. The maximum Gasteiger partial charge on any atom is 0.179 e. The van der Waals surface area contributed by atoms with E-state index in [0.717, 1.165) is 68.2 Å². The summed E-state index contributed by atoms with van der Waals surface area (Å²) in [6, 6.07) is 41.0. The molecule has 0 N–H and O–H groups in total. The molecule has 47 heavy (non-hydrogen) atoms. The monoisotopic (exact) mass is 622 g/mol. The second-order valence-corrected chi connectivity index (χ2v) is 11.9. The smallest absolute Gasteiger partial charge is 0.179 e. The van der Waals surface area contributed by atoms with Crippen LogP contribution in [0.2, 0.25) is 0 Å². The van der Waals surface area contributed by atoms with Crippen LogP contribution < -0.4 is 18.9 Å². The highest BCUT2D eigenvalue weighted by Gasteiger charge is 2.51. The van der Waals surface area contributed by atoms with E-state index in [1.807, 2.05) is 48.5 Å². The Morgan fingerprint density at radius 1 is 0.383 bits per heavy atom. The summed E-state index contributed by atoms with van der Waals surface area (Å²) in [6.07, 6.45) is 0.921. The van der Waals surface area contributed by atoms with Gasteiger partial charge in [-0.3, -0.25) is 0 Å². The van der Waals surface area contributed by atoms with Gasteiger partial charge in [0.1, 0.15) is 23.0 Å². The second-order valence-electron chi connectivity index (χ2n) is 11.9. The molecule has 6 nitrogen and oxygen atoms in total. The van der Waals surface area contributed by atoms with Gasteiger partial charge < -0.3 is 18.9 Å². The molecule has 8 rings (SSSR count). The molecule has 0 amide bonds. The van der Waals surface area contributed by atoms with Gasteiger partial charge in [-0.05, 0) is 99.1 Å². The number of rotatable bonds is 8. The molecule has 0 atom stereocenters. The van der Waals surface area contributed by atoms with Crippen LogP contribution in [0, 0.1) is 0 Å². The van der Waals surface area contributed by atoms with Crippen molar-refractivity contribution < 1.29 is 28.7 Å². The van der Waals surface area contributed by atoms with E-state index in [0.29, 0.717) is 0 Å². The largest absolute Gasteiger partial charge is 0.497 e. The predicted octanol–water partition coefficient (Wildman–Crippen LogP) is 8.32. The highest BCUT2D eigenvalue weighted by molar-refractivity contribution is 6.01. The Morgan fingerprint density at radius 3 is 0.957 bits per heavy atom. The standard InChI is InChI=1S/C41H34O6/c1-42-32-15-7-28(8-16-32)40(29-9-17-33(43-2)18-10-29)36-23-5-26-25-27-6-24-37(39(36)38(26)27)41(47-46-40,30-11-19-34(44-3)20-12-30)31-13-21-35(45-4)22-14-31/h5-24H,25H2,1-4H3. The SMILES string of the molecule is COc1ccc(C2(c3ccc(OC)cc3)OOC(c3ccc(OC)cc3)(c3ccc(OC)cc3)c3ccc4c5c(ccc2c35)C4)cc1. The van der Waals surface area contributed by atoms with Gasteiger partial charge in [-0.25, -0.2) is 9.78 Å². The third-order valence-corrected chi connectivity index (χ3v) is 9.75. The van der Waals surface area contributed by atoms with Crippen LogP contribution in [0.25, 0.3) is 10.8 Å². The van der Waals surface area contributed by atoms with E-state index in [-0.39, 0.29) is 0 Å². The second kappa shape index (κ2) is 11.2. The maximum absolute atomic E-state index is 7.14. The lowest BCUT2D eigenvalue weighted by atomic mass is 9.70. The summed E-state index contributed by atoms with van der Waals surface area (Å²) in [6.45, 7) is 0. The van der Waals surface area contributed by atoms with Crippen LogP contribution in [0.15, 0.2) is 121 Å². The van der Waals surface area contributed by atoms with Crippen molar-refractivity contribution in [2.75, 3.05) is 28.4 Å². The molecule has 0 spiro atoms. The highest BCUT2D eigenvalue weighted by Crippen LogP contribution is 2.56. The summed E-state index contributed by atoms with van der Waals surface area (Å²) in [5, 5.41) is 2.36. The lowest BCUT2D eigenvalue weighted by Gasteiger charge is -2.37. The van der Waals surface area contributed by atoms with Crippen molar-refractivity contribution in [1.82, 2.24) is 0 Å². The predicted molar refractivity (Wildman–Crippen MR) is 181 cm³/mol. The van der Waals surface area contributed by atoms with Crippen molar-refractivity contribution >= 4 is 10.8 Å². The van der Waals surface area contributed by atoms with Gasteiger partial charge in [0.25, 0.3) is 0 Å². The molecule has 6 aromatic carbocycles. The summed E-state index contributed by atoms with van der Waals surface area (Å²) in [5.74, 6) is 3.01. The van der Waals surface area contributed by atoms with Crippen LogP contribution in [0.1, 0.15) is 44.5 Å². The van der Waals surface area contributed by atoms with Crippen molar-refractivity contribution in [1.29, 1.82) is 0 Å². The fourth-order valence-corrected chi connectivity index (χ4v) is 7.29. The number of benzene rings is 6. The first-order chi connectivity index (χ1) is 23.0. The molecular formula is C41H34O6. The van der Waals surface area contributed by atoms with Crippen LogP contribution in [-0.4, -0.2) is 28.4 Å². The van der Waals surface area contributed by atoms with E-state index in [2.05, 4.69) is 72.8 Å². The fraction of sp³-hybridized carbons (Fsp3) is 0.171. The van der Waals surface area contributed by atoms with Crippen LogP contribution in [-0.2, 0) is 27.4 Å². The van der Waals surface area contributed by atoms with Crippen molar-refractivity contribution in [2.45, 2.75) is 17.6 Å². The number of hydrogen-bond donors (Lipinski definition) is 0. The molecule has 0 aromatic heterocycles. The maximum atomic E-state index is 7.14. The molecule has 234 valence electrons. The van der Waals surface area contributed by atoms with Crippen molar-refractivity contribution in [2.24, 2.45) is 0 Å². The lowest BCUT2D eigenvalue weighted by Crippen LogP contribution is -2.37. The average molecular weight is 623 g/mol. The Kier molecular flexibility index (Phi) is 6.94. The molecule has 0 unspecified atom stereocenters. The fourth-order valence-electron chi connectivity index (χ4n) is 7.29. The molecule has 0 radical (unpaired) electrons. The van der Waals surface area contributed by atoms with Gasteiger partial charge in [-0.15, -0.1) is 0 Å². The highest BCUT2D eigenvalue weighted by atomic mass is 17.2. The van der Waals surface area contributed by atoms with E-state index < -0.39 is 11.2 Å². The average Bonchev–Trinajstić information content (AvgIpc) is 3.25. The van der Waals surface area contributed by atoms with Gasteiger partial charge in [0.2, 0.25) is 0 Å². The lowest BCUT2D eigenvalue weighted by molar-refractivity contribution is -0.385. The Hall–Kier alpha value is -5.30. The van der Waals surface area contributed by atoms with Crippen LogP contribution in [0.3, 0.4) is 0 Å². The van der Waals surface area contributed by atoms with Crippen molar-refractivity contribution in [3.05, 3.63) is 166 Å². The molecule has 0 saturated carbocycles. The summed E-state index contributed by atoms with van der Waals surface area (Å²) >= 11 is 0. The first-order valence-corrected chi connectivity index (χ1v) is 15.6. The quantitative estimate of drug-likeness (QED) is 0.159. The van der Waals surface area contributed by atoms with Gasteiger partial charge in [0.15, 0.2) is 11.2 Å². The van der Waals surface area contributed by atoms with Gasteiger partial charge in [-0.1, -0.05) is 72.8 Å².